The van der Waals surface area contributed by atoms with Gasteiger partial charge in [-0.1, -0.05) is 50.0 Å². The molecule has 0 saturated heterocycles. The number of pyridine rings is 1. The van der Waals surface area contributed by atoms with Crippen LogP contribution < -0.4 is 16.6 Å². The first-order chi connectivity index (χ1) is 21.6. The third kappa shape index (κ3) is 6.22. The van der Waals surface area contributed by atoms with Crippen molar-refractivity contribution < 1.29 is 14.3 Å². The Bertz CT molecular complexity index is 1960. The van der Waals surface area contributed by atoms with Gasteiger partial charge in [-0.3, -0.25) is 19.0 Å². The number of rotatable bonds is 9. The minimum Gasteiger partial charge on any atom is -0.383 e. The average molecular weight is 621 g/mol. The number of Topliss-reactive ketones (excluding diaryl/α,β-unsaturated/α-hetero) is 1. The van der Waals surface area contributed by atoms with Gasteiger partial charge in [0.2, 0.25) is 0 Å². The molecule has 0 bridgehead atoms. The fourth-order valence-electron chi connectivity index (χ4n) is 5.64. The van der Waals surface area contributed by atoms with Gasteiger partial charge in [-0.2, -0.15) is 0 Å². The molecule has 0 atom stereocenters. The van der Waals surface area contributed by atoms with Gasteiger partial charge in [-0.15, -0.1) is 0 Å². The van der Waals surface area contributed by atoms with E-state index >= 15 is 0 Å². The normalized spacial score (nSPS) is 13.2. The van der Waals surface area contributed by atoms with E-state index in [0.29, 0.717) is 66.7 Å². The fraction of sp³-hybridized carbons (Fsp3) is 0.265. The number of carbonyl (C=O) groups excluding carboxylic acids is 2. The second kappa shape index (κ2) is 12.3. The molecular weight excluding hydrogens is 584 g/mol. The monoisotopic (exact) mass is 620 g/mol. The topological polar surface area (TPSA) is 134 Å². The van der Waals surface area contributed by atoms with Gasteiger partial charge in [-0.25, -0.2) is 9.97 Å². The molecule has 0 aliphatic heterocycles. The van der Waals surface area contributed by atoms with Crippen LogP contribution in [0, 0.1) is 0 Å². The van der Waals surface area contributed by atoms with Crippen LogP contribution in [-0.4, -0.2) is 45.5 Å². The summed E-state index contributed by atoms with van der Waals surface area (Å²) in [6.45, 7) is 7.96. The molecule has 0 unspecified atom stereocenters. The summed E-state index contributed by atoms with van der Waals surface area (Å²) in [5, 5.41) is 3.57. The Kier molecular flexibility index (Phi) is 8.21. The Morgan fingerprint density at radius 1 is 1.00 bits per heavy atom. The standard InChI is InChI=1S/C34H36N6O4Si/c1-45(2,3)17-16-44-21-39-19-27(30-31(35)36-20-37-32(30)39)22-12-14-23(15-13-22)38-33(42)26-18-25-28(10-7-11-29(25)41)40(34(26)43)24-8-5-4-6-9-24/h4-6,8-9,12-15,18-20H,7,10-11,16-17,21H2,1-3H3,(H,38,42)(H2,35,36,37). The van der Waals surface area contributed by atoms with Gasteiger partial charge in [-0.05, 0) is 54.8 Å². The number of nitrogens with zero attached hydrogens (tertiary/aromatic N) is 4. The number of hydrogen-bond donors (Lipinski definition) is 2. The van der Waals surface area contributed by atoms with Crippen molar-refractivity contribution >= 4 is 42.3 Å². The third-order valence-electron chi connectivity index (χ3n) is 8.04. The molecule has 3 N–H and O–H groups in total. The fourth-order valence-corrected chi connectivity index (χ4v) is 6.40. The number of nitrogens with one attached hydrogen (secondary N) is 1. The molecule has 3 aromatic heterocycles. The Morgan fingerprint density at radius 3 is 2.49 bits per heavy atom. The predicted molar refractivity (Wildman–Crippen MR) is 179 cm³/mol. The molecule has 230 valence electrons. The number of nitrogen functional groups attached to an aromatic ring is 1. The molecule has 1 aliphatic rings. The van der Waals surface area contributed by atoms with E-state index in [1.807, 2.05) is 41.1 Å². The van der Waals surface area contributed by atoms with Crippen LogP contribution in [0.3, 0.4) is 0 Å². The van der Waals surface area contributed by atoms with E-state index in [0.717, 1.165) is 22.6 Å². The smallest absolute Gasteiger partial charge is 0.268 e. The summed E-state index contributed by atoms with van der Waals surface area (Å²) < 4.78 is 9.42. The summed E-state index contributed by atoms with van der Waals surface area (Å²) in [5.41, 5.74) is 10.3. The zero-order valence-electron chi connectivity index (χ0n) is 25.7. The zero-order chi connectivity index (χ0) is 31.7. The number of ketones is 1. The number of aromatic nitrogens is 4. The second-order valence-corrected chi connectivity index (χ2v) is 18.1. The van der Waals surface area contributed by atoms with Crippen LogP contribution in [0.1, 0.15) is 39.3 Å². The predicted octanol–water partition coefficient (Wildman–Crippen LogP) is 5.92. The van der Waals surface area contributed by atoms with Crippen molar-refractivity contribution in [2.45, 2.75) is 51.7 Å². The maximum Gasteiger partial charge on any atom is 0.268 e. The first kappa shape index (κ1) is 30.2. The summed E-state index contributed by atoms with van der Waals surface area (Å²) in [5.74, 6) is -0.281. The van der Waals surface area contributed by atoms with Crippen molar-refractivity contribution in [1.82, 2.24) is 19.1 Å². The van der Waals surface area contributed by atoms with Gasteiger partial charge in [0, 0.05) is 55.5 Å². The van der Waals surface area contributed by atoms with E-state index in [9.17, 15) is 14.4 Å². The van der Waals surface area contributed by atoms with Crippen molar-refractivity contribution in [2.24, 2.45) is 0 Å². The van der Waals surface area contributed by atoms with Crippen LogP contribution in [0.2, 0.25) is 25.7 Å². The first-order valence-electron chi connectivity index (χ1n) is 15.1. The van der Waals surface area contributed by atoms with Gasteiger partial charge in [0.05, 0.1) is 5.39 Å². The number of fused-ring (bicyclic) bond motifs is 2. The number of para-hydroxylation sites is 1. The van der Waals surface area contributed by atoms with Gasteiger partial charge in [0.1, 0.15) is 30.1 Å². The van der Waals surface area contributed by atoms with Crippen LogP contribution in [0.15, 0.2) is 78.0 Å². The van der Waals surface area contributed by atoms with Crippen LogP contribution in [0.4, 0.5) is 11.5 Å². The molecule has 2 aromatic carbocycles. The van der Waals surface area contributed by atoms with Gasteiger partial charge >= 0.3 is 0 Å². The number of benzene rings is 2. The minimum atomic E-state index is -1.22. The Labute approximate surface area is 261 Å². The molecular formula is C34H36N6O4Si. The van der Waals surface area contributed by atoms with E-state index in [-0.39, 0.29) is 11.3 Å². The van der Waals surface area contributed by atoms with Crippen molar-refractivity contribution in [3.8, 4) is 16.8 Å². The number of amides is 1. The highest BCUT2D eigenvalue weighted by Crippen LogP contribution is 2.33. The SMILES string of the molecule is C[Si](C)(C)CCOCn1cc(-c2ccc(NC(=O)c3cc4c(n(-c5ccccc5)c3=O)CCCC4=O)cc2)c2c(N)ncnc21. The molecule has 3 heterocycles. The molecule has 5 aromatic rings. The summed E-state index contributed by atoms with van der Waals surface area (Å²) in [6.07, 6.45) is 5.04. The molecule has 10 nitrogen and oxygen atoms in total. The molecule has 1 aliphatic carbocycles. The quantitative estimate of drug-likeness (QED) is 0.154. The maximum absolute atomic E-state index is 13.7. The van der Waals surface area contributed by atoms with Crippen LogP contribution in [-0.2, 0) is 17.9 Å². The molecule has 11 heteroatoms. The van der Waals surface area contributed by atoms with E-state index < -0.39 is 19.5 Å². The summed E-state index contributed by atoms with van der Waals surface area (Å²) in [4.78, 5) is 48.7. The van der Waals surface area contributed by atoms with Gasteiger partial charge in [0.25, 0.3) is 11.5 Å². The molecule has 0 radical (unpaired) electrons. The Morgan fingerprint density at radius 2 is 1.76 bits per heavy atom. The first-order valence-corrected chi connectivity index (χ1v) is 18.8. The Balaban J connectivity index is 1.28. The summed E-state index contributed by atoms with van der Waals surface area (Å²) in [7, 11) is -1.22. The maximum atomic E-state index is 13.7. The summed E-state index contributed by atoms with van der Waals surface area (Å²) >= 11 is 0. The van der Waals surface area contributed by atoms with E-state index in [4.69, 9.17) is 10.5 Å². The lowest BCUT2D eigenvalue weighted by molar-refractivity contribution is 0.0899. The third-order valence-corrected chi connectivity index (χ3v) is 9.75. The Hall–Kier alpha value is -4.87. The zero-order valence-corrected chi connectivity index (χ0v) is 26.7. The number of nitrogens with two attached hydrogens (primary N) is 1. The van der Waals surface area contributed by atoms with Crippen molar-refractivity contribution in [2.75, 3.05) is 17.7 Å². The molecule has 1 amide bonds. The van der Waals surface area contributed by atoms with Crippen LogP contribution in [0.25, 0.3) is 27.8 Å². The van der Waals surface area contributed by atoms with Crippen molar-refractivity contribution in [1.29, 1.82) is 0 Å². The van der Waals surface area contributed by atoms with Crippen molar-refractivity contribution in [3.63, 3.8) is 0 Å². The second-order valence-electron chi connectivity index (χ2n) is 12.5. The van der Waals surface area contributed by atoms with E-state index in [1.165, 1.54) is 17.0 Å². The lowest BCUT2D eigenvalue weighted by Crippen LogP contribution is -2.33. The highest BCUT2D eigenvalue weighted by molar-refractivity contribution is 6.76. The highest BCUT2D eigenvalue weighted by atomic mass is 28.3. The minimum absolute atomic E-state index is 0.0665. The number of carbonyl (C=O) groups is 2. The van der Waals surface area contributed by atoms with Gasteiger partial charge < -0.3 is 20.4 Å². The molecule has 0 fully saturated rings. The molecule has 45 heavy (non-hydrogen) atoms. The van der Waals surface area contributed by atoms with Crippen LogP contribution >= 0.6 is 0 Å². The number of anilines is 2. The number of hydrogen-bond acceptors (Lipinski definition) is 7. The van der Waals surface area contributed by atoms with Crippen molar-refractivity contribution in [3.05, 3.63) is 100 Å². The van der Waals surface area contributed by atoms with E-state index in [1.54, 1.807) is 24.3 Å². The lowest BCUT2D eigenvalue weighted by atomic mass is 9.92. The van der Waals surface area contributed by atoms with Crippen LogP contribution in [0.5, 0.6) is 0 Å². The highest BCUT2D eigenvalue weighted by Gasteiger charge is 2.26. The largest absolute Gasteiger partial charge is 0.383 e. The summed E-state index contributed by atoms with van der Waals surface area (Å²) in [6, 6.07) is 18.9. The average Bonchev–Trinajstić information content (AvgIpc) is 3.39. The molecule has 0 spiro atoms. The van der Waals surface area contributed by atoms with Gasteiger partial charge in [0.15, 0.2) is 5.78 Å². The molecule has 6 rings (SSSR count). The molecule has 0 saturated carbocycles. The number of ether oxygens (including phenoxy) is 1. The lowest BCUT2D eigenvalue weighted by Gasteiger charge is -2.21. The van der Waals surface area contributed by atoms with E-state index in [2.05, 4.69) is 34.9 Å².